The molecule has 0 spiro atoms. The third kappa shape index (κ3) is 2.58. The fourth-order valence-corrected chi connectivity index (χ4v) is 2.58. The number of hydrogen-bond donors (Lipinski definition) is 1. The number of nitrogens with zero attached hydrogens (tertiary/aromatic N) is 3. The minimum Gasteiger partial charge on any atom is -0.481 e. The van der Waals surface area contributed by atoms with E-state index in [1.54, 1.807) is 24.0 Å². The zero-order chi connectivity index (χ0) is 15.0. The first-order chi connectivity index (χ1) is 9.98. The summed E-state index contributed by atoms with van der Waals surface area (Å²) in [5.41, 5.74) is -0.0114. The van der Waals surface area contributed by atoms with Gasteiger partial charge >= 0.3 is 12.0 Å². The molecule has 110 valence electrons. The van der Waals surface area contributed by atoms with Crippen molar-refractivity contribution in [3.8, 4) is 11.4 Å². The number of halogens is 1. The standard InChI is InChI=1S/C14H14ClN3O3/c1-14(12(19)20)5-6-18(8-14)13-16-11(17-21-13)9-3-2-4-10(15)7-9/h2-4,7H,5-6,8H2,1H3,(H,19,20). The number of carboxylic acid groups (broad SMARTS) is 1. The van der Waals surface area contributed by atoms with Crippen LogP contribution in [0, 0.1) is 5.41 Å². The van der Waals surface area contributed by atoms with Crippen LogP contribution in [-0.4, -0.2) is 34.3 Å². The van der Waals surface area contributed by atoms with Crippen molar-refractivity contribution < 1.29 is 14.4 Å². The number of hydrogen-bond acceptors (Lipinski definition) is 5. The second-order valence-corrected chi connectivity index (χ2v) is 5.88. The van der Waals surface area contributed by atoms with Gasteiger partial charge in [-0.15, -0.1) is 0 Å². The van der Waals surface area contributed by atoms with Crippen molar-refractivity contribution in [1.82, 2.24) is 10.1 Å². The van der Waals surface area contributed by atoms with Gasteiger partial charge in [0.2, 0.25) is 5.82 Å². The third-order valence-electron chi connectivity index (χ3n) is 3.76. The van der Waals surface area contributed by atoms with Crippen molar-refractivity contribution in [3.05, 3.63) is 29.3 Å². The summed E-state index contributed by atoms with van der Waals surface area (Å²) < 4.78 is 5.24. The Balaban J connectivity index is 1.82. The highest BCUT2D eigenvalue weighted by atomic mass is 35.5. The molecule has 2 heterocycles. The van der Waals surface area contributed by atoms with Crippen LogP contribution in [0.25, 0.3) is 11.4 Å². The van der Waals surface area contributed by atoms with E-state index in [0.717, 1.165) is 5.56 Å². The largest absolute Gasteiger partial charge is 0.481 e. The Bertz CT molecular complexity index is 688. The topological polar surface area (TPSA) is 79.5 Å². The number of anilines is 1. The number of rotatable bonds is 3. The fraction of sp³-hybridized carbons (Fsp3) is 0.357. The SMILES string of the molecule is CC1(C(=O)O)CCN(c2nc(-c3cccc(Cl)c3)no2)C1. The van der Waals surface area contributed by atoms with Gasteiger partial charge in [0.15, 0.2) is 0 Å². The highest BCUT2D eigenvalue weighted by molar-refractivity contribution is 6.30. The van der Waals surface area contributed by atoms with E-state index in [2.05, 4.69) is 10.1 Å². The molecule has 1 aliphatic heterocycles. The van der Waals surface area contributed by atoms with Gasteiger partial charge in [0.25, 0.3) is 0 Å². The average molecular weight is 308 g/mol. The predicted molar refractivity (Wildman–Crippen MR) is 77.3 cm³/mol. The predicted octanol–water partition coefficient (Wildman–Crippen LogP) is 2.69. The van der Waals surface area contributed by atoms with E-state index in [0.29, 0.717) is 36.4 Å². The first-order valence-electron chi connectivity index (χ1n) is 6.56. The molecule has 1 unspecified atom stereocenters. The van der Waals surface area contributed by atoms with Crippen molar-refractivity contribution in [2.45, 2.75) is 13.3 Å². The molecule has 21 heavy (non-hydrogen) atoms. The van der Waals surface area contributed by atoms with Crippen LogP contribution in [-0.2, 0) is 4.79 Å². The van der Waals surface area contributed by atoms with E-state index in [9.17, 15) is 9.90 Å². The Morgan fingerprint density at radius 3 is 3.00 bits per heavy atom. The van der Waals surface area contributed by atoms with Crippen LogP contribution in [0.15, 0.2) is 28.8 Å². The number of aromatic nitrogens is 2. The van der Waals surface area contributed by atoms with E-state index >= 15 is 0 Å². The molecule has 1 saturated heterocycles. The summed E-state index contributed by atoms with van der Waals surface area (Å²) in [4.78, 5) is 17.4. The molecule has 1 atom stereocenters. The van der Waals surface area contributed by atoms with Crippen LogP contribution in [0.2, 0.25) is 5.02 Å². The molecule has 1 aliphatic rings. The summed E-state index contributed by atoms with van der Waals surface area (Å²) in [6, 6.07) is 7.51. The smallest absolute Gasteiger partial charge is 0.324 e. The molecule has 1 fully saturated rings. The lowest BCUT2D eigenvalue weighted by Gasteiger charge is -2.18. The molecule has 0 bridgehead atoms. The van der Waals surface area contributed by atoms with Gasteiger partial charge in [0.05, 0.1) is 5.41 Å². The van der Waals surface area contributed by atoms with Crippen molar-refractivity contribution >= 4 is 23.6 Å². The first-order valence-corrected chi connectivity index (χ1v) is 6.94. The summed E-state index contributed by atoms with van der Waals surface area (Å²) in [6.07, 6.45) is 0.553. The minimum absolute atomic E-state index is 0.343. The normalized spacial score (nSPS) is 21.7. The summed E-state index contributed by atoms with van der Waals surface area (Å²) in [5, 5.41) is 13.8. The van der Waals surface area contributed by atoms with E-state index < -0.39 is 11.4 Å². The molecule has 1 aromatic heterocycles. The number of benzene rings is 1. The van der Waals surface area contributed by atoms with E-state index in [1.807, 2.05) is 12.1 Å². The van der Waals surface area contributed by atoms with Crippen molar-refractivity contribution in [2.75, 3.05) is 18.0 Å². The fourth-order valence-electron chi connectivity index (χ4n) is 2.39. The van der Waals surface area contributed by atoms with Gasteiger partial charge in [-0.25, -0.2) is 0 Å². The Morgan fingerprint density at radius 2 is 2.33 bits per heavy atom. The lowest BCUT2D eigenvalue weighted by molar-refractivity contribution is -0.146. The molecular weight excluding hydrogens is 294 g/mol. The maximum Gasteiger partial charge on any atom is 0.324 e. The Morgan fingerprint density at radius 1 is 1.52 bits per heavy atom. The number of carbonyl (C=O) groups is 1. The quantitative estimate of drug-likeness (QED) is 0.939. The lowest BCUT2D eigenvalue weighted by Crippen LogP contribution is -2.31. The molecular formula is C14H14ClN3O3. The van der Waals surface area contributed by atoms with Crippen LogP contribution in [0.5, 0.6) is 0 Å². The maximum absolute atomic E-state index is 11.3. The molecule has 6 nitrogen and oxygen atoms in total. The zero-order valence-corrected chi connectivity index (χ0v) is 12.2. The molecule has 7 heteroatoms. The van der Waals surface area contributed by atoms with Gasteiger partial charge in [0.1, 0.15) is 0 Å². The summed E-state index contributed by atoms with van der Waals surface area (Å²) in [5.74, 6) is -0.365. The van der Waals surface area contributed by atoms with Crippen LogP contribution in [0.1, 0.15) is 13.3 Å². The second kappa shape index (κ2) is 5.04. The van der Waals surface area contributed by atoms with E-state index in [1.165, 1.54) is 0 Å². The Labute approximate surface area is 126 Å². The highest BCUT2D eigenvalue weighted by Crippen LogP contribution is 2.33. The van der Waals surface area contributed by atoms with Gasteiger partial charge in [0, 0.05) is 23.7 Å². The van der Waals surface area contributed by atoms with Gasteiger partial charge in [-0.2, -0.15) is 4.98 Å². The van der Waals surface area contributed by atoms with E-state index in [-0.39, 0.29) is 0 Å². The minimum atomic E-state index is -0.806. The molecule has 3 rings (SSSR count). The van der Waals surface area contributed by atoms with Gasteiger partial charge in [-0.3, -0.25) is 4.79 Å². The molecule has 2 aromatic rings. The van der Waals surface area contributed by atoms with Gasteiger partial charge in [-0.1, -0.05) is 28.9 Å². The molecule has 0 aliphatic carbocycles. The van der Waals surface area contributed by atoms with Crippen LogP contribution < -0.4 is 4.90 Å². The van der Waals surface area contributed by atoms with Crippen LogP contribution in [0.4, 0.5) is 6.01 Å². The van der Waals surface area contributed by atoms with Crippen molar-refractivity contribution in [1.29, 1.82) is 0 Å². The summed E-state index contributed by atoms with van der Waals surface area (Å²) in [6.45, 7) is 2.67. The van der Waals surface area contributed by atoms with Gasteiger partial charge < -0.3 is 14.5 Å². The Kier molecular flexibility index (Phi) is 3.33. The van der Waals surface area contributed by atoms with Crippen LogP contribution >= 0.6 is 11.6 Å². The number of aliphatic carboxylic acids is 1. The van der Waals surface area contributed by atoms with Crippen LogP contribution in [0.3, 0.4) is 0 Å². The maximum atomic E-state index is 11.3. The molecule has 1 aromatic carbocycles. The second-order valence-electron chi connectivity index (χ2n) is 5.45. The summed E-state index contributed by atoms with van der Waals surface area (Å²) in [7, 11) is 0. The van der Waals surface area contributed by atoms with Gasteiger partial charge in [-0.05, 0) is 25.5 Å². The number of carboxylic acids is 1. The molecule has 0 radical (unpaired) electrons. The third-order valence-corrected chi connectivity index (χ3v) is 3.99. The zero-order valence-electron chi connectivity index (χ0n) is 11.4. The first kappa shape index (κ1) is 13.9. The molecule has 0 amide bonds. The average Bonchev–Trinajstić information content (AvgIpc) is 3.06. The Hall–Kier alpha value is -2.08. The highest BCUT2D eigenvalue weighted by Gasteiger charge is 2.42. The van der Waals surface area contributed by atoms with Crippen molar-refractivity contribution in [3.63, 3.8) is 0 Å². The monoisotopic (exact) mass is 307 g/mol. The molecule has 0 saturated carbocycles. The molecule has 1 N–H and O–H groups in total. The summed E-state index contributed by atoms with van der Waals surface area (Å²) >= 11 is 5.94. The van der Waals surface area contributed by atoms with Crippen molar-refractivity contribution in [2.24, 2.45) is 5.41 Å². The lowest BCUT2D eigenvalue weighted by atomic mass is 9.90. The van der Waals surface area contributed by atoms with E-state index in [4.69, 9.17) is 16.1 Å².